The second-order valence-electron chi connectivity index (χ2n) is 0.211. The summed E-state index contributed by atoms with van der Waals surface area (Å²) < 4.78 is 0. The summed E-state index contributed by atoms with van der Waals surface area (Å²) in [5, 5.41) is 13.8. The first-order chi connectivity index (χ1) is 2.83. The number of carbonyl (C=O) groups is 2. The quantitative estimate of drug-likeness (QED) is 0.399. The van der Waals surface area contributed by atoms with E-state index >= 15 is 0 Å². The largest absolute Gasteiger partial charge is 0.483 e. The van der Waals surface area contributed by atoms with Crippen molar-refractivity contribution in [3.05, 3.63) is 0 Å². The first-order valence-corrected chi connectivity index (χ1v) is 0.988. The third-order valence-corrected chi connectivity index (χ3v) is 0. The van der Waals surface area contributed by atoms with Crippen molar-refractivity contribution in [3.63, 3.8) is 0 Å². The number of hydrogen-bond donors (Lipinski definition) is 2. The zero-order chi connectivity index (χ0) is 5.41. The van der Waals surface area contributed by atoms with E-state index in [1.54, 1.807) is 0 Å². The van der Waals surface area contributed by atoms with Crippen LogP contribution in [0.15, 0.2) is 0 Å². The van der Waals surface area contributed by atoms with E-state index in [1.807, 2.05) is 0 Å². The summed E-state index contributed by atoms with van der Waals surface area (Å²) in [4.78, 5) is 16.7. The molecule has 0 saturated heterocycles. The van der Waals surface area contributed by atoms with Crippen LogP contribution < -0.4 is 0 Å². The van der Waals surface area contributed by atoms with Gasteiger partial charge in [-0.3, -0.25) is 9.59 Å². The third kappa shape index (κ3) is 371. The van der Waals surface area contributed by atoms with Crippen molar-refractivity contribution < 1.29 is 39.3 Å². The molecular weight excluding hydrogens is 191 g/mol. The molecule has 0 unspecified atom stereocenters. The monoisotopic (exact) mass is 195 g/mol. The van der Waals surface area contributed by atoms with E-state index in [2.05, 4.69) is 0 Å². The van der Waals surface area contributed by atoms with E-state index in [4.69, 9.17) is 19.8 Å². The smallest absolute Gasteiger partial charge is 0.290 e. The van der Waals surface area contributed by atoms with E-state index in [1.165, 1.54) is 0 Å². The van der Waals surface area contributed by atoms with E-state index in [0.717, 1.165) is 0 Å². The molecule has 0 aromatic heterocycles. The topological polar surface area (TPSA) is 74.6 Å². The maximum atomic E-state index is 8.36. The Morgan fingerprint density at radius 2 is 1.00 bits per heavy atom. The fraction of sp³-hybridized carbons (Fsp3) is 0. The molecule has 2 N–H and O–H groups in total. The molecule has 0 spiro atoms. The Bertz CT molecular complexity index is 30.7. The molecule has 0 aliphatic rings. The molecule has 45 valence electrons. The number of rotatable bonds is 0. The molecule has 4 nitrogen and oxygen atoms in total. The van der Waals surface area contributed by atoms with Gasteiger partial charge in [0.05, 0.1) is 0 Å². The van der Waals surface area contributed by atoms with Crippen LogP contribution in [0.5, 0.6) is 0 Å². The third-order valence-electron chi connectivity index (χ3n) is 0. The van der Waals surface area contributed by atoms with Gasteiger partial charge in [0.25, 0.3) is 12.9 Å². The summed E-state index contributed by atoms with van der Waals surface area (Å²) in [7, 11) is 0. The zero-order valence-corrected chi connectivity index (χ0v) is 4.84. The number of carboxylic acid groups (broad SMARTS) is 2. The van der Waals surface area contributed by atoms with Crippen LogP contribution in [0.4, 0.5) is 0 Å². The summed E-state index contributed by atoms with van der Waals surface area (Å²) in [6.07, 6.45) is 0. The minimum atomic E-state index is -0.250. The van der Waals surface area contributed by atoms with E-state index < -0.39 is 0 Å². The Labute approximate surface area is 52.9 Å². The second kappa shape index (κ2) is 47.4. The van der Waals surface area contributed by atoms with Crippen LogP contribution in [-0.2, 0) is 29.1 Å². The van der Waals surface area contributed by atoms with Crippen LogP contribution in [0, 0.1) is 0 Å². The van der Waals surface area contributed by atoms with Gasteiger partial charge in [-0.15, -0.1) is 0 Å². The maximum absolute atomic E-state index is 8.36. The van der Waals surface area contributed by atoms with Crippen molar-refractivity contribution in [2.45, 2.75) is 0 Å². The molecule has 0 rings (SSSR count). The van der Waals surface area contributed by atoms with Gasteiger partial charge in [-0.1, -0.05) is 0 Å². The fourth-order valence-electron chi connectivity index (χ4n) is 0. The molecular formula is C2H4O4Rh. The van der Waals surface area contributed by atoms with Crippen molar-refractivity contribution in [2.75, 3.05) is 0 Å². The molecule has 5 heteroatoms. The van der Waals surface area contributed by atoms with Crippen molar-refractivity contribution in [1.29, 1.82) is 0 Å². The van der Waals surface area contributed by atoms with Gasteiger partial charge in [0.1, 0.15) is 0 Å². The maximum Gasteiger partial charge on any atom is 0.290 e. The Hall–Kier alpha value is -0.437. The first kappa shape index (κ1) is 16.0. The van der Waals surface area contributed by atoms with Gasteiger partial charge in [0, 0.05) is 19.5 Å². The van der Waals surface area contributed by atoms with Gasteiger partial charge >= 0.3 is 0 Å². The molecule has 0 fully saturated rings. The van der Waals surface area contributed by atoms with Gasteiger partial charge in [-0.2, -0.15) is 0 Å². The molecule has 0 atom stereocenters. The summed E-state index contributed by atoms with van der Waals surface area (Å²) in [6.45, 7) is -0.500. The zero-order valence-electron chi connectivity index (χ0n) is 3.20. The Morgan fingerprint density at radius 3 is 1.00 bits per heavy atom. The van der Waals surface area contributed by atoms with Crippen molar-refractivity contribution in [3.8, 4) is 0 Å². The van der Waals surface area contributed by atoms with Crippen LogP contribution in [0.1, 0.15) is 0 Å². The molecule has 0 aromatic carbocycles. The molecule has 0 aliphatic carbocycles. The molecule has 1 radical (unpaired) electrons. The van der Waals surface area contributed by atoms with Gasteiger partial charge in [0.2, 0.25) is 0 Å². The van der Waals surface area contributed by atoms with Gasteiger partial charge < -0.3 is 10.2 Å². The minimum Gasteiger partial charge on any atom is -0.483 e. The molecule has 0 aliphatic heterocycles. The van der Waals surface area contributed by atoms with Gasteiger partial charge in [-0.25, -0.2) is 0 Å². The van der Waals surface area contributed by atoms with Crippen molar-refractivity contribution in [1.82, 2.24) is 0 Å². The van der Waals surface area contributed by atoms with Crippen LogP contribution >= 0.6 is 0 Å². The summed E-state index contributed by atoms with van der Waals surface area (Å²) in [5.74, 6) is 0. The van der Waals surface area contributed by atoms with Gasteiger partial charge in [-0.05, 0) is 0 Å². The van der Waals surface area contributed by atoms with Crippen molar-refractivity contribution in [2.24, 2.45) is 0 Å². The van der Waals surface area contributed by atoms with E-state index in [9.17, 15) is 0 Å². The van der Waals surface area contributed by atoms with Crippen LogP contribution in [0.3, 0.4) is 0 Å². The Morgan fingerprint density at radius 1 is 1.00 bits per heavy atom. The first-order valence-electron chi connectivity index (χ1n) is 0.988. The fourth-order valence-corrected chi connectivity index (χ4v) is 0. The molecule has 0 aromatic rings. The predicted octanol–water partition coefficient (Wildman–Crippen LogP) is -0.601. The average molecular weight is 195 g/mol. The molecule has 0 bridgehead atoms. The molecule has 0 saturated carbocycles. The second-order valence-corrected chi connectivity index (χ2v) is 0.211. The standard InChI is InChI=1S/2CH2O2.Rh/c2*2-1-3;/h2*1H,(H,2,3);. The van der Waals surface area contributed by atoms with Crippen molar-refractivity contribution >= 4 is 12.9 Å². The molecule has 0 amide bonds. The minimum absolute atomic E-state index is 0. The number of hydrogen-bond acceptors (Lipinski definition) is 2. The predicted molar refractivity (Wildman–Crippen MR) is 17.4 cm³/mol. The normalized spacial score (nSPS) is 3.43. The summed E-state index contributed by atoms with van der Waals surface area (Å²) in [5.41, 5.74) is 0. The van der Waals surface area contributed by atoms with Crippen LogP contribution in [0.2, 0.25) is 0 Å². The van der Waals surface area contributed by atoms with Gasteiger partial charge in [0.15, 0.2) is 0 Å². The average Bonchev–Trinajstić information content (AvgIpc) is 1.39. The SMILES string of the molecule is O=CO.O=CO.[Rh]. The summed E-state index contributed by atoms with van der Waals surface area (Å²) in [6, 6.07) is 0. The Balaban J connectivity index is -0.0000000400. The van der Waals surface area contributed by atoms with E-state index in [-0.39, 0.29) is 32.4 Å². The summed E-state index contributed by atoms with van der Waals surface area (Å²) >= 11 is 0. The molecule has 0 heterocycles. The van der Waals surface area contributed by atoms with Crippen LogP contribution in [0.25, 0.3) is 0 Å². The van der Waals surface area contributed by atoms with E-state index in [0.29, 0.717) is 0 Å². The molecule has 7 heavy (non-hydrogen) atoms. The van der Waals surface area contributed by atoms with Crippen LogP contribution in [-0.4, -0.2) is 23.2 Å². The Kier molecular flexibility index (Phi) is 108.